The second-order valence-electron chi connectivity index (χ2n) is 13.7. The molecule has 0 amide bonds. The summed E-state index contributed by atoms with van der Waals surface area (Å²) in [6, 6.07) is 49.6. The van der Waals surface area contributed by atoms with Gasteiger partial charge in [0.15, 0.2) is 0 Å². The predicted molar refractivity (Wildman–Crippen MR) is 266 cm³/mol. The summed E-state index contributed by atoms with van der Waals surface area (Å²) in [4.78, 5) is 5.23. The molecule has 3 heterocycles. The van der Waals surface area contributed by atoms with Crippen LogP contribution in [0.2, 0.25) is 0 Å². The van der Waals surface area contributed by atoms with Gasteiger partial charge in [0.1, 0.15) is 0 Å². The molecule has 60 heavy (non-hydrogen) atoms. The van der Waals surface area contributed by atoms with Crippen LogP contribution in [-0.4, -0.2) is 14.1 Å². The standard InChI is InChI=1S/C48H39N3.C4H6.C3H6.C2H6/c1-5-18-44-33(4)39-24-14-16-26-46(39)51(44)48-29-28-37(50-45(19-6-2)38(7-3)40-25-15-17-27-47(40)50)32-41(48)36-30-42(34-20-10-8-11-21-34)49-43(31-36)35-22-12-9-13-23-35;1-3-4-2;1-3-2;1-2/h5-32H,3H2,1-2,4H3;3-4H,1-2H2;3H,1H2,2H3;1-2H3/b18-5-,19-6-;;;. The lowest BCUT2D eigenvalue weighted by molar-refractivity contribution is 1.07. The van der Waals surface area contributed by atoms with E-state index in [-0.39, 0.29) is 0 Å². The van der Waals surface area contributed by atoms with Crippen LogP contribution < -0.4 is 0 Å². The van der Waals surface area contributed by atoms with Gasteiger partial charge in [0.25, 0.3) is 0 Å². The molecule has 0 unspecified atom stereocenters. The minimum absolute atomic E-state index is 0.931. The summed E-state index contributed by atoms with van der Waals surface area (Å²) >= 11 is 0. The van der Waals surface area contributed by atoms with Crippen molar-refractivity contribution in [3.8, 4) is 45.0 Å². The van der Waals surface area contributed by atoms with E-state index in [1.54, 1.807) is 18.2 Å². The van der Waals surface area contributed by atoms with Gasteiger partial charge in [-0.15, -0.1) is 6.58 Å². The van der Waals surface area contributed by atoms with Gasteiger partial charge in [-0.05, 0) is 93.4 Å². The lowest BCUT2D eigenvalue weighted by Crippen LogP contribution is -2.04. The van der Waals surface area contributed by atoms with E-state index in [0.29, 0.717) is 0 Å². The molecule has 0 aliphatic rings. The number of allylic oxidation sites excluding steroid dienone is 5. The summed E-state index contributed by atoms with van der Waals surface area (Å²) in [6.07, 6.45) is 15.6. The number of benzene rings is 5. The molecule has 3 aromatic heterocycles. The Balaban J connectivity index is 0.000000699. The van der Waals surface area contributed by atoms with E-state index in [1.807, 2.05) is 26.8 Å². The fourth-order valence-corrected chi connectivity index (χ4v) is 7.43. The highest BCUT2D eigenvalue weighted by Gasteiger charge is 2.21. The van der Waals surface area contributed by atoms with Gasteiger partial charge in [-0.1, -0.05) is 167 Å². The number of pyridine rings is 1. The molecular formula is C57H57N3. The fourth-order valence-electron chi connectivity index (χ4n) is 7.43. The summed E-state index contributed by atoms with van der Waals surface area (Å²) in [5, 5.41) is 2.42. The fraction of sp³-hybridized carbons (Fsp3) is 0.105. The van der Waals surface area contributed by atoms with Crippen LogP contribution in [-0.2, 0) is 0 Å². The number of hydrogen-bond acceptors (Lipinski definition) is 1. The number of fused-ring (bicyclic) bond motifs is 2. The number of aromatic nitrogens is 3. The summed E-state index contributed by atoms with van der Waals surface area (Å²) < 4.78 is 4.79. The molecule has 8 rings (SSSR count). The number of aryl methyl sites for hydroxylation is 1. The van der Waals surface area contributed by atoms with Gasteiger partial charge >= 0.3 is 0 Å². The Morgan fingerprint density at radius 3 is 1.52 bits per heavy atom. The van der Waals surface area contributed by atoms with Crippen LogP contribution >= 0.6 is 0 Å². The molecule has 3 heteroatoms. The van der Waals surface area contributed by atoms with Gasteiger partial charge in [-0.2, -0.15) is 0 Å². The number of rotatable bonds is 9. The van der Waals surface area contributed by atoms with Gasteiger partial charge < -0.3 is 9.13 Å². The minimum atomic E-state index is 0.931. The zero-order valence-corrected chi connectivity index (χ0v) is 36.1. The highest BCUT2D eigenvalue weighted by atomic mass is 15.0. The zero-order chi connectivity index (χ0) is 43.0. The first-order chi connectivity index (χ1) is 29.4. The maximum Gasteiger partial charge on any atom is 0.0715 e. The molecule has 0 aliphatic carbocycles. The number of para-hydroxylation sites is 2. The van der Waals surface area contributed by atoms with Gasteiger partial charge in [0.2, 0.25) is 0 Å². The van der Waals surface area contributed by atoms with E-state index in [9.17, 15) is 0 Å². The lowest BCUT2D eigenvalue weighted by Gasteiger charge is -2.19. The van der Waals surface area contributed by atoms with Crippen molar-refractivity contribution in [2.45, 2.75) is 41.5 Å². The third kappa shape index (κ3) is 9.22. The van der Waals surface area contributed by atoms with Crippen LogP contribution in [0.15, 0.2) is 196 Å². The largest absolute Gasteiger partial charge is 0.309 e. The quantitative estimate of drug-likeness (QED) is 0.106. The maximum absolute atomic E-state index is 5.23. The second-order valence-corrected chi connectivity index (χ2v) is 13.7. The molecule has 0 saturated heterocycles. The Labute approximate surface area is 358 Å². The van der Waals surface area contributed by atoms with Crippen LogP contribution in [0.5, 0.6) is 0 Å². The van der Waals surface area contributed by atoms with Crippen molar-refractivity contribution >= 4 is 40.0 Å². The molecule has 0 atom stereocenters. The molecule has 8 aromatic rings. The molecule has 0 saturated carbocycles. The third-order valence-corrected chi connectivity index (χ3v) is 9.90. The smallest absolute Gasteiger partial charge is 0.0715 e. The summed E-state index contributed by atoms with van der Waals surface area (Å²) in [5.74, 6) is 0. The first-order valence-electron chi connectivity index (χ1n) is 20.6. The van der Waals surface area contributed by atoms with E-state index in [0.717, 1.165) is 61.8 Å². The van der Waals surface area contributed by atoms with Crippen molar-refractivity contribution in [1.82, 2.24) is 14.1 Å². The van der Waals surface area contributed by atoms with E-state index in [4.69, 9.17) is 4.98 Å². The van der Waals surface area contributed by atoms with Crippen LogP contribution in [0.25, 0.3) is 85.1 Å². The maximum atomic E-state index is 5.23. The van der Waals surface area contributed by atoms with Gasteiger partial charge in [-0.3, -0.25) is 0 Å². The van der Waals surface area contributed by atoms with Crippen molar-refractivity contribution < 1.29 is 0 Å². The Bertz CT molecular complexity index is 2710. The molecule has 0 aliphatic heterocycles. The molecule has 300 valence electrons. The van der Waals surface area contributed by atoms with Gasteiger partial charge in [0.05, 0.1) is 33.8 Å². The average molecular weight is 784 g/mol. The van der Waals surface area contributed by atoms with E-state index >= 15 is 0 Å². The molecule has 0 bridgehead atoms. The highest BCUT2D eigenvalue weighted by Crippen LogP contribution is 2.40. The van der Waals surface area contributed by atoms with Crippen LogP contribution in [0.3, 0.4) is 0 Å². The van der Waals surface area contributed by atoms with Crippen molar-refractivity contribution in [3.63, 3.8) is 0 Å². The Kier molecular flexibility index (Phi) is 15.7. The molecule has 0 radical (unpaired) electrons. The van der Waals surface area contributed by atoms with Gasteiger partial charge in [0, 0.05) is 44.4 Å². The Hall–Kier alpha value is -7.23. The summed E-state index contributed by atoms with van der Waals surface area (Å²) in [6.45, 7) is 26.6. The first-order valence-corrected chi connectivity index (χ1v) is 20.6. The highest BCUT2D eigenvalue weighted by molar-refractivity contribution is 5.96. The van der Waals surface area contributed by atoms with E-state index in [2.05, 4.69) is 220 Å². The minimum Gasteiger partial charge on any atom is -0.309 e. The third-order valence-electron chi connectivity index (χ3n) is 9.90. The lowest BCUT2D eigenvalue weighted by atomic mass is 9.97. The van der Waals surface area contributed by atoms with Crippen LogP contribution in [0.4, 0.5) is 0 Å². The monoisotopic (exact) mass is 783 g/mol. The van der Waals surface area contributed by atoms with E-state index < -0.39 is 0 Å². The topological polar surface area (TPSA) is 22.8 Å². The van der Waals surface area contributed by atoms with Crippen molar-refractivity contribution in [2.75, 3.05) is 0 Å². The van der Waals surface area contributed by atoms with E-state index in [1.165, 1.54) is 27.5 Å². The molecule has 0 fully saturated rings. The van der Waals surface area contributed by atoms with Crippen molar-refractivity contribution in [2.24, 2.45) is 0 Å². The van der Waals surface area contributed by atoms with Crippen LogP contribution in [0.1, 0.15) is 57.1 Å². The first kappa shape index (κ1) is 43.9. The Morgan fingerprint density at radius 2 is 1.00 bits per heavy atom. The average Bonchev–Trinajstić information content (AvgIpc) is 3.77. The second kappa shape index (κ2) is 21.5. The molecule has 0 N–H and O–H groups in total. The van der Waals surface area contributed by atoms with Crippen molar-refractivity contribution in [1.29, 1.82) is 0 Å². The van der Waals surface area contributed by atoms with Crippen molar-refractivity contribution in [3.05, 3.63) is 219 Å². The van der Waals surface area contributed by atoms with Gasteiger partial charge in [-0.25, -0.2) is 4.98 Å². The number of hydrogen-bond donors (Lipinski definition) is 0. The van der Waals surface area contributed by atoms with Crippen LogP contribution in [0, 0.1) is 6.92 Å². The Morgan fingerprint density at radius 1 is 0.517 bits per heavy atom. The summed E-state index contributed by atoms with van der Waals surface area (Å²) in [7, 11) is 0. The molecular weight excluding hydrogens is 727 g/mol. The zero-order valence-electron chi connectivity index (χ0n) is 36.1. The number of nitrogens with zero attached hydrogens (tertiary/aromatic N) is 3. The molecule has 3 nitrogen and oxygen atoms in total. The normalized spacial score (nSPS) is 10.6. The molecule has 0 spiro atoms. The predicted octanol–water partition coefficient (Wildman–Crippen LogP) is 16.6. The SMILES string of the molecule is C=CC.C=CC=C.C=Cc1c(/C=C\C)n(-c2ccc(-n3c(/C=C\C)c(C)c4ccccc43)c(-c3cc(-c4ccccc4)nc(-c4ccccc4)c3)c2)c2ccccc12.CC. The summed E-state index contributed by atoms with van der Waals surface area (Å²) in [5.41, 5.74) is 15.4. The molecule has 5 aromatic carbocycles.